The lowest BCUT2D eigenvalue weighted by atomic mass is 10.1. The van der Waals surface area contributed by atoms with Crippen LogP contribution in [0.3, 0.4) is 0 Å². The first-order valence-corrected chi connectivity index (χ1v) is 11.7. The number of hydrogen-bond donors (Lipinski definition) is 2. The summed E-state index contributed by atoms with van der Waals surface area (Å²) < 4.78 is 11.0. The Balaban J connectivity index is 1.40. The number of fused-ring (bicyclic) bond motifs is 1. The number of hydrogen-bond acceptors (Lipinski definition) is 6. The van der Waals surface area contributed by atoms with Crippen molar-refractivity contribution in [2.24, 2.45) is 0 Å². The summed E-state index contributed by atoms with van der Waals surface area (Å²) in [5.41, 5.74) is 2.70. The molecule has 0 radical (unpaired) electrons. The van der Waals surface area contributed by atoms with E-state index in [0.717, 1.165) is 35.8 Å². The lowest BCUT2D eigenvalue weighted by Crippen LogP contribution is -2.38. The third kappa shape index (κ3) is 5.02. The molecule has 0 aliphatic carbocycles. The summed E-state index contributed by atoms with van der Waals surface area (Å²) in [4.78, 5) is 27.3. The van der Waals surface area contributed by atoms with Crippen LogP contribution in [0.15, 0.2) is 30.3 Å². The lowest BCUT2D eigenvalue weighted by molar-refractivity contribution is -0.114. The van der Waals surface area contributed by atoms with Gasteiger partial charge in [0.1, 0.15) is 13.2 Å². The molecule has 0 saturated carbocycles. The second kappa shape index (κ2) is 9.70. The Morgan fingerprint density at radius 2 is 1.81 bits per heavy atom. The monoisotopic (exact) mass is 461 g/mol. The van der Waals surface area contributed by atoms with E-state index in [0.29, 0.717) is 41.0 Å². The Bertz CT molecular complexity index is 995. The molecular formula is C22H24ClN3O4S. The molecule has 0 spiro atoms. The highest BCUT2D eigenvalue weighted by molar-refractivity contribution is 7.99. The van der Waals surface area contributed by atoms with Crippen molar-refractivity contribution in [2.45, 2.75) is 6.92 Å². The van der Waals surface area contributed by atoms with Crippen LogP contribution in [0.1, 0.15) is 15.9 Å². The zero-order valence-electron chi connectivity index (χ0n) is 17.2. The molecule has 31 heavy (non-hydrogen) atoms. The Kier molecular flexibility index (Phi) is 6.77. The number of thioether (sulfide) groups is 1. The predicted molar refractivity (Wildman–Crippen MR) is 124 cm³/mol. The molecule has 1 fully saturated rings. The van der Waals surface area contributed by atoms with E-state index in [-0.39, 0.29) is 18.4 Å². The topological polar surface area (TPSA) is 79.9 Å². The highest BCUT2D eigenvalue weighted by Gasteiger charge is 2.21. The van der Waals surface area contributed by atoms with Gasteiger partial charge in [-0.15, -0.1) is 0 Å². The van der Waals surface area contributed by atoms with Gasteiger partial charge >= 0.3 is 0 Å². The number of ether oxygens (including phenoxy) is 2. The molecular weight excluding hydrogens is 438 g/mol. The maximum Gasteiger partial charge on any atom is 0.254 e. The molecule has 7 nitrogen and oxygen atoms in total. The first kappa shape index (κ1) is 21.6. The Labute approximate surface area is 190 Å². The van der Waals surface area contributed by atoms with Gasteiger partial charge in [0.15, 0.2) is 11.5 Å². The quantitative estimate of drug-likeness (QED) is 0.707. The molecule has 2 amide bonds. The standard InChI is InChI=1S/C22H24ClN3O4S/c1-14-15(22(28)26-5-9-31-10-6-26)3-2-4-17(14)24-13-21(27)25-18-12-20-19(11-16(18)23)29-7-8-30-20/h2-4,11-12,24H,5-10,13H2,1H3,(H,25,27). The first-order chi connectivity index (χ1) is 15.0. The van der Waals surface area contributed by atoms with Crippen molar-refractivity contribution in [3.63, 3.8) is 0 Å². The highest BCUT2D eigenvalue weighted by atomic mass is 35.5. The van der Waals surface area contributed by atoms with E-state index in [1.807, 2.05) is 41.8 Å². The molecule has 9 heteroatoms. The van der Waals surface area contributed by atoms with E-state index >= 15 is 0 Å². The summed E-state index contributed by atoms with van der Waals surface area (Å²) in [7, 11) is 0. The fourth-order valence-corrected chi connectivity index (χ4v) is 4.63. The summed E-state index contributed by atoms with van der Waals surface area (Å²) in [6, 6.07) is 8.83. The molecule has 2 aliphatic heterocycles. The summed E-state index contributed by atoms with van der Waals surface area (Å²) in [5, 5.41) is 6.30. The molecule has 1 saturated heterocycles. The van der Waals surface area contributed by atoms with Crippen LogP contribution < -0.4 is 20.1 Å². The second-order valence-corrected chi connectivity index (χ2v) is 8.89. The maximum absolute atomic E-state index is 12.9. The number of carbonyl (C=O) groups excluding carboxylic acids is 2. The number of halogens is 1. The molecule has 2 aliphatic rings. The van der Waals surface area contributed by atoms with E-state index in [4.69, 9.17) is 21.1 Å². The highest BCUT2D eigenvalue weighted by Crippen LogP contribution is 2.37. The maximum atomic E-state index is 12.9. The fraction of sp³-hybridized carbons (Fsp3) is 0.364. The minimum atomic E-state index is -0.261. The minimum absolute atomic E-state index is 0.0314. The van der Waals surface area contributed by atoms with Crippen molar-refractivity contribution in [3.05, 3.63) is 46.5 Å². The van der Waals surface area contributed by atoms with Crippen molar-refractivity contribution in [1.29, 1.82) is 0 Å². The van der Waals surface area contributed by atoms with Crippen LogP contribution in [0, 0.1) is 6.92 Å². The van der Waals surface area contributed by atoms with Crippen molar-refractivity contribution >= 4 is 46.6 Å². The van der Waals surface area contributed by atoms with Gasteiger partial charge in [-0.25, -0.2) is 0 Å². The Morgan fingerprint density at radius 3 is 2.55 bits per heavy atom. The molecule has 2 aromatic carbocycles. The summed E-state index contributed by atoms with van der Waals surface area (Å²) >= 11 is 8.13. The minimum Gasteiger partial charge on any atom is -0.486 e. The van der Waals surface area contributed by atoms with Crippen molar-refractivity contribution in [2.75, 3.05) is 55.0 Å². The first-order valence-electron chi connectivity index (χ1n) is 10.1. The normalized spacial score (nSPS) is 15.4. The third-order valence-electron chi connectivity index (χ3n) is 5.21. The predicted octanol–water partition coefficient (Wildman–Crippen LogP) is 3.66. The smallest absolute Gasteiger partial charge is 0.254 e. The summed E-state index contributed by atoms with van der Waals surface area (Å²) in [5.74, 6) is 2.82. The molecule has 0 atom stereocenters. The zero-order valence-corrected chi connectivity index (χ0v) is 18.8. The molecule has 0 aromatic heterocycles. The van der Waals surface area contributed by atoms with Crippen LogP contribution in [0.2, 0.25) is 5.02 Å². The van der Waals surface area contributed by atoms with E-state index in [9.17, 15) is 9.59 Å². The molecule has 0 unspecified atom stereocenters. The van der Waals surface area contributed by atoms with Crippen molar-refractivity contribution in [3.8, 4) is 11.5 Å². The van der Waals surface area contributed by atoms with E-state index in [1.165, 1.54) is 0 Å². The zero-order chi connectivity index (χ0) is 21.8. The average Bonchev–Trinajstić information content (AvgIpc) is 2.79. The molecule has 2 N–H and O–H groups in total. The molecule has 4 rings (SSSR count). The van der Waals surface area contributed by atoms with Crippen LogP contribution in [-0.4, -0.2) is 61.1 Å². The van der Waals surface area contributed by atoms with E-state index in [2.05, 4.69) is 10.6 Å². The van der Waals surface area contributed by atoms with Gasteiger partial charge in [0.05, 0.1) is 17.3 Å². The largest absolute Gasteiger partial charge is 0.486 e. The number of nitrogens with zero attached hydrogens (tertiary/aromatic N) is 1. The average molecular weight is 462 g/mol. The lowest BCUT2D eigenvalue weighted by Gasteiger charge is -2.27. The van der Waals surface area contributed by atoms with Gasteiger partial charge in [-0.1, -0.05) is 17.7 Å². The number of rotatable bonds is 5. The van der Waals surface area contributed by atoms with Gasteiger partial charge in [0.2, 0.25) is 5.91 Å². The number of nitrogens with one attached hydrogen (secondary N) is 2. The molecule has 2 heterocycles. The summed E-state index contributed by atoms with van der Waals surface area (Å²) in [6.07, 6.45) is 0. The number of carbonyl (C=O) groups is 2. The molecule has 2 aromatic rings. The Morgan fingerprint density at radius 1 is 1.10 bits per heavy atom. The second-order valence-electron chi connectivity index (χ2n) is 7.26. The number of benzene rings is 2. The number of anilines is 2. The van der Waals surface area contributed by atoms with Crippen LogP contribution in [-0.2, 0) is 4.79 Å². The summed E-state index contributed by atoms with van der Waals surface area (Å²) in [6.45, 7) is 4.37. The molecule has 164 valence electrons. The van der Waals surface area contributed by atoms with E-state index in [1.54, 1.807) is 12.1 Å². The van der Waals surface area contributed by atoms with E-state index < -0.39 is 0 Å². The van der Waals surface area contributed by atoms with Crippen molar-refractivity contribution < 1.29 is 19.1 Å². The van der Waals surface area contributed by atoms with Gasteiger partial charge in [0.25, 0.3) is 5.91 Å². The van der Waals surface area contributed by atoms with Crippen LogP contribution >= 0.6 is 23.4 Å². The van der Waals surface area contributed by atoms with Gasteiger partial charge in [0, 0.05) is 48.0 Å². The third-order valence-corrected chi connectivity index (χ3v) is 6.46. The van der Waals surface area contributed by atoms with Crippen LogP contribution in [0.25, 0.3) is 0 Å². The SMILES string of the molecule is Cc1c(NCC(=O)Nc2cc3c(cc2Cl)OCCO3)cccc1C(=O)N1CCSCC1. The Hall–Kier alpha value is -2.58. The van der Waals surface area contributed by atoms with Crippen molar-refractivity contribution in [1.82, 2.24) is 4.90 Å². The van der Waals surface area contributed by atoms with Gasteiger partial charge in [-0.05, 0) is 24.6 Å². The van der Waals surface area contributed by atoms with Gasteiger partial charge in [-0.2, -0.15) is 11.8 Å². The fourth-order valence-electron chi connectivity index (χ4n) is 3.53. The van der Waals surface area contributed by atoms with Crippen LogP contribution in [0.4, 0.5) is 11.4 Å². The van der Waals surface area contributed by atoms with Gasteiger partial charge < -0.3 is 25.0 Å². The van der Waals surface area contributed by atoms with Gasteiger partial charge in [-0.3, -0.25) is 9.59 Å². The molecule has 0 bridgehead atoms. The van der Waals surface area contributed by atoms with Crippen LogP contribution in [0.5, 0.6) is 11.5 Å². The number of amides is 2.